The summed E-state index contributed by atoms with van der Waals surface area (Å²) in [6.07, 6.45) is 1.32. The summed E-state index contributed by atoms with van der Waals surface area (Å²) < 4.78 is 7.44. The number of rotatable bonds is 3. The van der Waals surface area contributed by atoms with Crippen molar-refractivity contribution in [1.82, 2.24) is 19.5 Å². The van der Waals surface area contributed by atoms with Crippen LogP contribution >= 0.6 is 11.6 Å². The molecule has 2 rings (SSSR count). The first-order chi connectivity index (χ1) is 7.65. The monoisotopic (exact) mass is 240 g/mol. The molecular weight excluding hydrogens is 228 g/mol. The molecule has 6 heteroatoms. The van der Waals surface area contributed by atoms with Gasteiger partial charge in [-0.3, -0.25) is 4.57 Å². The summed E-state index contributed by atoms with van der Waals surface area (Å²) in [6, 6.07) is 0. The highest BCUT2D eigenvalue weighted by Crippen LogP contribution is 2.23. The molecule has 1 atom stereocenters. The van der Waals surface area contributed by atoms with E-state index in [-0.39, 0.29) is 6.23 Å². The van der Waals surface area contributed by atoms with Gasteiger partial charge in [-0.1, -0.05) is 11.6 Å². The van der Waals surface area contributed by atoms with Crippen LogP contribution in [0.5, 0.6) is 0 Å². The number of imidazole rings is 1. The lowest BCUT2D eigenvalue weighted by Gasteiger charge is -2.15. The summed E-state index contributed by atoms with van der Waals surface area (Å²) in [4.78, 5) is 12.4. The quantitative estimate of drug-likeness (QED) is 0.773. The van der Waals surface area contributed by atoms with Crippen LogP contribution in [0.1, 0.15) is 25.9 Å². The number of ether oxygens (including phenoxy) is 1. The van der Waals surface area contributed by atoms with E-state index < -0.39 is 0 Å². The minimum atomic E-state index is -0.110. The van der Waals surface area contributed by atoms with Crippen molar-refractivity contribution < 1.29 is 4.74 Å². The molecule has 0 amide bonds. The third-order valence-electron chi connectivity index (χ3n) is 2.38. The van der Waals surface area contributed by atoms with E-state index in [0.29, 0.717) is 22.9 Å². The molecule has 0 aliphatic heterocycles. The summed E-state index contributed by atoms with van der Waals surface area (Å²) >= 11 is 5.96. The predicted molar refractivity (Wildman–Crippen MR) is 61.4 cm³/mol. The number of halogens is 1. The summed E-state index contributed by atoms with van der Waals surface area (Å²) in [5, 5.41) is 0.371. The van der Waals surface area contributed by atoms with Gasteiger partial charge in [-0.15, -0.1) is 0 Å². The molecule has 16 heavy (non-hydrogen) atoms. The van der Waals surface area contributed by atoms with Crippen molar-refractivity contribution in [2.24, 2.45) is 0 Å². The molecule has 0 fully saturated rings. The lowest BCUT2D eigenvalue weighted by Crippen LogP contribution is -2.11. The topological polar surface area (TPSA) is 52.8 Å². The minimum absolute atomic E-state index is 0.110. The molecule has 0 N–H and O–H groups in total. The molecule has 0 spiro atoms. The molecule has 0 bridgehead atoms. The van der Waals surface area contributed by atoms with E-state index in [9.17, 15) is 0 Å². The van der Waals surface area contributed by atoms with Crippen LogP contribution in [-0.4, -0.2) is 26.1 Å². The molecular formula is C10H13ClN4O. The molecule has 0 saturated carbocycles. The van der Waals surface area contributed by atoms with E-state index >= 15 is 0 Å². The average molecular weight is 241 g/mol. The summed E-state index contributed by atoms with van der Waals surface area (Å²) in [5.41, 5.74) is 1.33. The van der Waals surface area contributed by atoms with Gasteiger partial charge in [-0.05, 0) is 20.8 Å². The van der Waals surface area contributed by atoms with Crippen molar-refractivity contribution in [3.05, 3.63) is 17.3 Å². The number of aryl methyl sites for hydroxylation is 1. The summed E-state index contributed by atoms with van der Waals surface area (Å²) in [6.45, 7) is 6.44. The Balaban J connectivity index is 2.60. The fourth-order valence-electron chi connectivity index (χ4n) is 1.74. The van der Waals surface area contributed by atoms with E-state index in [4.69, 9.17) is 16.3 Å². The summed E-state index contributed by atoms with van der Waals surface area (Å²) in [7, 11) is 0. The van der Waals surface area contributed by atoms with Crippen LogP contribution in [0.25, 0.3) is 11.2 Å². The van der Waals surface area contributed by atoms with Crippen molar-refractivity contribution in [1.29, 1.82) is 0 Å². The number of fused-ring (bicyclic) bond motifs is 1. The van der Waals surface area contributed by atoms with Crippen molar-refractivity contribution in [3.63, 3.8) is 0 Å². The van der Waals surface area contributed by atoms with Crippen LogP contribution in [0.4, 0.5) is 0 Å². The van der Waals surface area contributed by atoms with Gasteiger partial charge >= 0.3 is 0 Å². The molecule has 0 aliphatic carbocycles. The third-order valence-corrected chi connectivity index (χ3v) is 2.66. The molecule has 0 radical (unpaired) electrons. The smallest absolute Gasteiger partial charge is 0.167 e. The van der Waals surface area contributed by atoms with Crippen LogP contribution in [0, 0.1) is 6.92 Å². The zero-order valence-corrected chi connectivity index (χ0v) is 10.2. The Kier molecular flexibility index (Phi) is 3.07. The fraction of sp³-hybridized carbons (Fsp3) is 0.500. The van der Waals surface area contributed by atoms with Gasteiger partial charge in [0.1, 0.15) is 23.9 Å². The Morgan fingerprint density at radius 2 is 2.25 bits per heavy atom. The normalized spacial score (nSPS) is 13.2. The van der Waals surface area contributed by atoms with Crippen molar-refractivity contribution in [2.45, 2.75) is 27.0 Å². The van der Waals surface area contributed by atoms with E-state index in [0.717, 1.165) is 5.82 Å². The molecule has 2 aromatic rings. The second kappa shape index (κ2) is 4.35. The second-order valence-corrected chi connectivity index (χ2v) is 3.78. The Morgan fingerprint density at radius 3 is 2.94 bits per heavy atom. The molecule has 5 nitrogen and oxygen atoms in total. The highest BCUT2D eigenvalue weighted by atomic mass is 35.5. The second-order valence-electron chi connectivity index (χ2n) is 3.42. The number of hydrogen-bond acceptors (Lipinski definition) is 4. The fourth-order valence-corrected chi connectivity index (χ4v) is 1.91. The van der Waals surface area contributed by atoms with Crippen LogP contribution in [0.2, 0.25) is 5.15 Å². The molecule has 2 aromatic heterocycles. The van der Waals surface area contributed by atoms with Gasteiger partial charge in [0.15, 0.2) is 10.8 Å². The largest absolute Gasteiger partial charge is 0.359 e. The number of aromatic nitrogens is 4. The van der Waals surface area contributed by atoms with Gasteiger partial charge in [-0.25, -0.2) is 15.0 Å². The first kappa shape index (κ1) is 11.3. The van der Waals surface area contributed by atoms with Crippen molar-refractivity contribution in [3.8, 4) is 0 Å². The minimum Gasteiger partial charge on any atom is -0.359 e. The maximum atomic E-state index is 5.96. The number of nitrogens with zero attached hydrogens (tertiary/aromatic N) is 4. The van der Waals surface area contributed by atoms with Crippen molar-refractivity contribution >= 4 is 22.8 Å². The van der Waals surface area contributed by atoms with E-state index in [1.807, 2.05) is 25.3 Å². The Morgan fingerprint density at radius 1 is 1.50 bits per heavy atom. The van der Waals surface area contributed by atoms with Gasteiger partial charge in [0.05, 0.1) is 0 Å². The molecule has 0 aliphatic rings. The van der Waals surface area contributed by atoms with Gasteiger partial charge < -0.3 is 4.74 Å². The maximum Gasteiger partial charge on any atom is 0.167 e. The molecule has 1 unspecified atom stereocenters. The van der Waals surface area contributed by atoms with Crippen LogP contribution < -0.4 is 0 Å². The summed E-state index contributed by atoms with van der Waals surface area (Å²) in [5.74, 6) is 0.818. The molecule has 0 saturated heterocycles. The maximum absolute atomic E-state index is 5.96. The first-order valence-electron chi connectivity index (χ1n) is 5.11. The van der Waals surface area contributed by atoms with Gasteiger partial charge in [-0.2, -0.15) is 0 Å². The van der Waals surface area contributed by atoms with Gasteiger partial charge in [0.2, 0.25) is 0 Å². The molecule has 0 aromatic carbocycles. The highest BCUT2D eigenvalue weighted by Gasteiger charge is 2.16. The van der Waals surface area contributed by atoms with E-state index in [1.165, 1.54) is 6.33 Å². The van der Waals surface area contributed by atoms with E-state index in [1.54, 1.807) is 0 Å². The van der Waals surface area contributed by atoms with Crippen LogP contribution in [0.3, 0.4) is 0 Å². The zero-order chi connectivity index (χ0) is 11.7. The zero-order valence-electron chi connectivity index (χ0n) is 9.44. The predicted octanol–water partition coefficient (Wildman–Crippen LogP) is 2.34. The van der Waals surface area contributed by atoms with Crippen LogP contribution in [0.15, 0.2) is 6.33 Å². The standard InChI is InChI=1S/C10H13ClN4O/c1-4-16-7(3)15-6(2)14-8-9(11)12-5-13-10(8)15/h5,7H,4H2,1-3H3. The molecule has 2 heterocycles. The average Bonchev–Trinajstić information content (AvgIpc) is 2.56. The van der Waals surface area contributed by atoms with E-state index in [2.05, 4.69) is 15.0 Å². The third kappa shape index (κ3) is 1.76. The Hall–Kier alpha value is -1.20. The van der Waals surface area contributed by atoms with Crippen molar-refractivity contribution in [2.75, 3.05) is 6.61 Å². The Labute approximate surface area is 98.4 Å². The van der Waals surface area contributed by atoms with Gasteiger partial charge in [0.25, 0.3) is 0 Å². The SMILES string of the molecule is CCOC(C)n1c(C)nc2c(Cl)ncnc21. The highest BCUT2D eigenvalue weighted by molar-refractivity contribution is 6.33. The number of hydrogen-bond donors (Lipinski definition) is 0. The van der Waals surface area contributed by atoms with Crippen LogP contribution in [-0.2, 0) is 4.74 Å². The Bertz CT molecular complexity index is 511. The molecule has 86 valence electrons. The lowest BCUT2D eigenvalue weighted by molar-refractivity contribution is 0.0259. The van der Waals surface area contributed by atoms with Gasteiger partial charge in [0, 0.05) is 6.61 Å². The first-order valence-corrected chi connectivity index (χ1v) is 5.49. The lowest BCUT2D eigenvalue weighted by atomic mass is 10.5.